The van der Waals surface area contributed by atoms with Gasteiger partial charge in [-0.15, -0.1) is 11.3 Å². The first-order valence-electron chi connectivity index (χ1n) is 9.16. The van der Waals surface area contributed by atoms with Gasteiger partial charge in [-0.25, -0.2) is 4.98 Å². The maximum Gasteiger partial charge on any atom is 0.266 e. The van der Waals surface area contributed by atoms with Gasteiger partial charge in [-0.2, -0.15) is 4.99 Å². The number of methoxy groups -OCH3 is 1. The molecule has 0 saturated carbocycles. The third-order valence-corrected chi connectivity index (χ3v) is 5.73. The molecule has 1 saturated heterocycles. The van der Waals surface area contributed by atoms with Crippen LogP contribution in [0.5, 0.6) is 11.5 Å². The first kappa shape index (κ1) is 20.4. The maximum atomic E-state index is 12.8. The lowest BCUT2D eigenvalue weighted by molar-refractivity contribution is -0.122. The van der Waals surface area contributed by atoms with Gasteiger partial charge in [0.15, 0.2) is 16.7 Å². The Morgan fingerprint density at radius 3 is 2.82 bits per heavy atom. The summed E-state index contributed by atoms with van der Waals surface area (Å²) in [5.41, 5.74) is 0.877. The van der Waals surface area contributed by atoms with E-state index in [1.807, 2.05) is 36.6 Å². The number of aromatic nitrogens is 1. The number of hydrogen-bond donors (Lipinski definition) is 0. The second-order valence-electron chi connectivity index (χ2n) is 5.98. The smallest absolute Gasteiger partial charge is 0.266 e. The quantitative estimate of drug-likeness (QED) is 0.449. The second kappa shape index (κ2) is 9.75. The summed E-state index contributed by atoms with van der Waals surface area (Å²) in [6.07, 6.45) is 5.63. The van der Waals surface area contributed by atoms with Gasteiger partial charge in [0.25, 0.3) is 5.91 Å². The van der Waals surface area contributed by atoms with Crippen molar-refractivity contribution in [2.75, 3.05) is 20.3 Å². The zero-order valence-corrected chi connectivity index (χ0v) is 17.8. The second-order valence-corrected chi connectivity index (χ2v) is 7.86. The molecule has 1 fully saturated rings. The van der Waals surface area contributed by atoms with E-state index >= 15 is 0 Å². The van der Waals surface area contributed by atoms with Gasteiger partial charge < -0.3 is 9.47 Å². The van der Waals surface area contributed by atoms with Crippen molar-refractivity contribution in [1.29, 1.82) is 0 Å². The van der Waals surface area contributed by atoms with Crippen molar-refractivity contribution in [3.8, 4) is 11.5 Å². The summed E-state index contributed by atoms with van der Waals surface area (Å²) >= 11 is 2.80. The summed E-state index contributed by atoms with van der Waals surface area (Å²) < 4.78 is 11.2. The van der Waals surface area contributed by atoms with Gasteiger partial charge in [-0.05, 0) is 48.9 Å². The van der Waals surface area contributed by atoms with E-state index in [4.69, 9.17) is 9.47 Å². The van der Waals surface area contributed by atoms with Crippen LogP contribution >= 0.6 is 23.1 Å². The van der Waals surface area contributed by atoms with Crippen LogP contribution < -0.4 is 9.47 Å². The highest BCUT2D eigenvalue weighted by molar-refractivity contribution is 8.18. The van der Waals surface area contributed by atoms with Crippen molar-refractivity contribution in [2.24, 2.45) is 4.99 Å². The number of carbonyl (C=O) groups is 1. The topological polar surface area (TPSA) is 64.0 Å². The molecule has 2 aromatic rings. The number of ether oxygens (including phenoxy) is 2. The third kappa shape index (κ3) is 4.74. The highest BCUT2D eigenvalue weighted by Gasteiger charge is 2.32. The van der Waals surface area contributed by atoms with Gasteiger partial charge in [0.1, 0.15) is 0 Å². The van der Waals surface area contributed by atoms with Crippen molar-refractivity contribution >= 4 is 45.4 Å². The summed E-state index contributed by atoms with van der Waals surface area (Å²) in [4.78, 5) is 23.7. The molecule has 0 atom stereocenters. The number of amidine groups is 1. The number of thiazole rings is 1. The van der Waals surface area contributed by atoms with E-state index in [-0.39, 0.29) is 5.91 Å². The molecule has 1 aromatic heterocycles. The predicted octanol–water partition coefficient (Wildman–Crippen LogP) is 4.95. The molecular weight excluding hydrogens is 394 g/mol. The highest BCUT2D eigenvalue weighted by atomic mass is 32.2. The van der Waals surface area contributed by atoms with Crippen molar-refractivity contribution in [3.63, 3.8) is 0 Å². The van der Waals surface area contributed by atoms with Crippen LogP contribution in [0.15, 0.2) is 39.7 Å². The van der Waals surface area contributed by atoms with Crippen LogP contribution in [0.4, 0.5) is 5.13 Å². The molecule has 0 bridgehead atoms. The molecular formula is C20H23N3O3S2. The van der Waals surface area contributed by atoms with Gasteiger partial charge in [0.05, 0.1) is 18.6 Å². The molecule has 1 aliphatic rings. The summed E-state index contributed by atoms with van der Waals surface area (Å²) in [6.45, 7) is 5.27. The number of thioether (sulfide) groups is 1. The lowest BCUT2D eigenvalue weighted by Gasteiger charge is -2.11. The zero-order chi connectivity index (χ0) is 19.9. The van der Waals surface area contributed by atoms with Gasteiger partial charge in [-0.1, -0.05) is 19.4 Å². The molecule has 28 heavy (non-hydrogen) atoms. The number of likely N-dealkylation sites (N-methyl/N-ethyl adjacent to an activating group) is 1. The van der Waals surface area contributed by atoms with Crippen molar-refractivity contribution in [3.05, 3.63) is 40.2 Å². The van der Waals surface area contributed by atoms with E-state index in [9.17, 15) is 4.79 Å². The standard InChI is InChI=1S/C20H23N3O3S2/c1-4-6-10-26-15-8-7-14(12-16(15)25-3)13-17-18(24)23(5-2)20(28-17)22-19-21-9-11-27-19/h7-9,11-13H,4-6,10H2,1-3H3/b17-13-,22-20+. The fourth-order valence-corrected chi connectivity index (χ4v) is 4.20. The van der Waals surface area contributed by atoms with Gasteiger partial charge in [-0.3, -0.25) is 9.69 Å². The van der Waals surface area contributed by atoms with E-state index in [1.54, 1.807) is 18.2 Å². The van der Waals surface area contributed by atoms with E-state index in [0.717, 1.165) is 18.4 Å². The maximum absolute atomic E-state index is 12.8. The molecule has 6 nitrogen and oxygen atoms in total. The lowest BCUT2D eigenvalue weighted by Crippen LogP contribution is -2.28. The number of hydrogen-bond acceptors (Lipinski definition) is 7. The number of benzene rings is 1. The molecule has 0 unspecified atom stereocenters. The van der Waals surface area contributed by atoms with Crippen LogP contribution in [-0.4, -0.2) is 41.2 Å². The minimum atomic E-state index is -0.0509. The first-order valence-corrected chi connectivity index (χ1v) is 10.9. The van der Waals surface area contributed by atoms with Crippen molar-refractivity contribution < 1.29 is 14.3 Å². The van der Waals surface area contributed by atoms with E-state index in [2.05, 4.69) is 16.9 Å². The number of rotatable bonds is 8. The monoisotopic (exact) mass is 417 g/mol. The molecule has 148 valence electrons. The molecule has 3 rings (SSSR count). The minimum absolute atomic E-state index is 0.0509. The van der Waals surface area contributed by atoms with Crippen LogP contribution in [0.2, 0.25) is 0 Å². The summed E-state index contributed by atoms with van der Waals surface area (Å²) in [7, 11) is 1.62. The molecule has 2 heterocycles. The van der Waals surface area contributed by atoms with Crippen LogP contribution in [0.25, 0.3) is 6.08 Å². The van der Waals surface area contributed by atoms with E-state index < -0.39 is 0 Å². The Morgan fingerprint density at radius 1 is 1.29 bits per heavy atom. The Hall–Kier alpha value is -2.32. The largest absolute Gasteiger partial charge is 0.493 e. The third-order valence-electron chi connectivity index (χ3n) is 4.06. The molecule has 0 spiro atoms. The normalized spacial score (nSPS) is 17.0. The van der Waals surface area contributed by atoms with Crippen LogP contribution in [0, 0.1) is 0 Å². The Kier molecular flexibility index (Phi) is 7.11. The SMILES string of the molecule is CCCCOc1ccc(/C=C2\S/C(=N/c3nccs3)N(CC)C2=O)cc1OC. The number of unbranched alkanes of at least 4 members (excludes halogenated alkanes) is 1. The predicted molar refractivity (Wildman–Crippen MR) is 116 cm³/mol. The Labute approximate surface area is 173 Å². The number of nitrogens with zero attached hydrogens (tertiary/aromatic N) is 3. The van der Waals surface area contributed by atoms with Crippen molar-refractivity contribution in [1.82, 2.24) is 9.88 Å². The Bertz CT molecular complexity index is 879. The Morgan fingerprint density at radius 2 is 2.14 bits per heavy atom. The first-order chi connectivity index (χ1) is 13.7. The van der Waals surface area contributed by atoms with E-state index in [0.29, 0.717) is 39.9 Å². The fraction of sp³-hybridized carbons (Fsp3) is 0.350. The molecule has 0 N–H and O–H groups in total. The fourth-order valence-electron chi connectivity index (χ4n) is 2.59. The van der Waals surface area contributed by atoms with Crippen molar-refractivity contribution in [2.45, 2.75) is 26.7 Å². The number of aliphatic imine (C=N–C) groups is 1. The van der Waals surface area contributed by atoms with Crippen LogP contribution in [0.3, 0.4) is 0 Å². The van der Waals surface area contributed by atoms with Gasteiger partial charge in [0.2, 0.25) is 5.13 Å². The molecule has 8 heteroatoms. The lowest BCUT2D eigenvalue weighted by atomic mass is 10.2. The molecule has 1 amide bonds. The number of carbonyl (C=O) groups excluding carboxylic acids is 1. The highest BCUT2D eigenvalue weighted by Crippen LogP contribution is 2.36. The molecule has 1 aromatic carbocycles. The number of amides is 1. The average Bonchev–Trinajstić information content (AvgIpc) is 3.31. The summed E-state index contributed by atoms with van der Waals surface area (Å²) in [5, 5.41) is 3.16. The van der Waals surface area contributed by atoms with Gasteiger partial charge in [0, 0.05) is 18.1 Å². The zero-order valence-electron chi connectivity index (χ0n) is 16.2. The van der Waals surface area contributed by atoms with Crippen LogP contribution in [0.1, 0.15) is 32.3 Å². The summed E-state index contributed by atoms with van der Waals surface area (Å²) in [5.74, 6) is 1.32. The molecule has 0 aliphatic carbocycles. The van der Waals surface area contributed by atoms with E-state index in [1.165, 1.54) is 23.1 Å². The Balaban J connectivity index is 1.83. The summed E-state index contributed by atoms with van der Waals surface area (Å²) in [6, 6.07) is 5.69. The minimum Gasteiger partial charge on any atom is -0.493 e. The molecule has 1 aliphatic heterocycles. The average molecular weight is 418 g/mol. The van der Waals surface area contributed by atoms with Crippen LogP contribution in [-0.2, 0) is 4.79 Å². The van der Waals surface area contributed by atoms with Gasteiger partial charge >= 0.3 is 0 Å². The molecule has 0 radical (unpaired) electrons.